The Hall–Kier alpha value is -1.68. The van der Waals surface area contributed by atoms with Gasteiger partial charge in [0, 0.05) is 6.54 Å². The van der Waals surface area contributed by atoms with Gasteiger partial charge >= 0.3 is 10.7 Å². The van der Waals surface area contributed by atoms with Gasteiger partial charge < -0.3 is 0 Å². The molecule has 108 valence electrons. The molecule has 2 aromatic heterocycles. The Morgan fingerprint density at radius 1 is 1.55 bits per heavy atom. The maximum Gasteiger partial charge on any atom is 0.344 e. The van der Waals surface area contributed by atoms with E-state index in [4.69, 9.17) is 0 Å². The molecule has 10 heteroatoms. The van der Waals surface area contributed by atoms with Crippen LogP contribution in [0, 0.1) is 10.1 Å². The molecule has 0 unspecified atom stereocenters. The number of nitrogens with zero attached hydrogens (tertiary/aromatic N) is 4. The summed E-state index contributed by atoms with van der Waals surface area (Å²) >= 11 is 2.12. The summed E-state index contributed by atoms with van der Waals surface area (Å²) in [4.78, 5) is 25.7. The van der Waals surface area contributed by atoms with Gasteiger partial charge in [0.05, 0.1) is 4.92 Å². The summed E-state index contributed by atoms with van der Waals surface area (Å²) in [6, 6.07) is 0. The topological polar surface area (TPSA) is 107 Å². The zero-order valence-electron chi connectivity index (χ0n) is 10.7. The van der Waals surface area contributed by atoms with E-state index < -0.39 is 4.92 Å². The molecule has 0 fully saturated rings. The van der Waals surface area contributed by atoms with Crippen molar-refractivity contribution < 1.29 is 4.92 Å². The summed E-state index contributed by atoms with van der Waals surface area (Å²) in [7, 11) is 0. The zero-order chi connectivity index (χ0) is 14.5. The second-order valence-corrected chi connectivity index (χ2v) is 6.22. The third-order valence-electron chi connectivity index (χ3n) is 2.54. The summed E-state index contributed by atoms with van der Waals surface area (Å²) in [6.07, 6.45) is 4.19. The lowest BCUT2D eigenvalue weighted by Gasteiger charge is -2.02. The van der Waals surface area contributed by atoms with Crippen LogP contribution in [0.1, 0.15) is 26.2 Å². The summed E-state index contributed by atoms with van der Waals surface area (Å²) in [5.41, 5.74) is -0.269. The molecule has 0 atom stereocenters. The van der Waals surface area contributed by atoms with Crippen LogP contribution < -0.4 is 5.69 Å². The first-order valence-corrected chi connectivity index (χ1v) is 7.68. The van der Waals surface area contributed by atoms with Crippen molar-refractivity contribution in [3.8, 4) is 0 Å². The highest BCUT2D eigenvalue weighted by molar-refractivity contribution is 8.00. The van der Waals surface area contributed by atoms with E-state index in [1.54, 1.807) is 0 Å². The van der Waals surface area contributed by atoms with Crippen molar-refractivity contribution in [3.05, 3.63) is 26.8 Å². The van der Waals surface area contributed by atoms with Crippen molar-refractivity contribution in [2.75, 3.05) is 0 Å². The average molecular weight is 315 g/mol. The van der Waals surface area contributed by atoms with Crippen LogP contribution in [0.2, 0.25) is 0 Å². The maximum absolute atomic E-state index is 11.6. The molecule has 0 saturated heterocycles. The number of H-pyrrole nitrogens is 1. The van der Waals surface area contributed by atoms with E-state index >= 15 is 0 Å². The number of nitro groups is 1. The van der Waals surface area contributed by atoms with E-state index in [2.05, 4.69) is 22.1 Å². The van der Waals surface area contributed by atoms with E-state index in [-0.39, 0.29) is 10.7 Å². The number of nitrogens with one attached hydrogen (secondary N) is 1. The van der Waals surface area contributed by atoms with Gasteiger partial charge in [0.2, 0.25) is 0 Å². The molecule has 0 amide bonds. The first-order chi connectivity index (χ1) is 9.61. The fourth-order valence-electron chi connectivity index (χ4n) is 1.56. The van der Waals surface area contributed by atoms with Crippen LogP contribution in [-0.2, 0) is 6.54 Å². The van der Waals surface area contributed by atoms with Crippen molar-refractivity contribution in [1.82, 2.24) is 19.7 Å². The SMILES string of the molecule is CCCCCn1c(Sc2ncc([N+](=O)[O-])s2)n[nH]c1=O. The fourth-order valence-corrected chi connectivity index (χ4v) is 3.31. The number of unbranched alkanes of at least 4 members (excludes halogenated alkanes) is 2. The monoisotopic (exact) mass is 315 g/mol. The van der Waals surface area contributed by atoms with Crippen molar-refractivity contribution in [1.29, 1.82) is 0 Å². The van der Waals surface area contributed by atoms with Crippen LogP contribution in [0.15, 0.2) is 20.5 Å². The second kappa shape index (κ2) is 6.66. The summed E-state index contributed by atoms with van der Waals surface area (Å²) in [5, 5.41) is 17.4. The first-order valence-electron chi connectivity index (χ1n) is 6.05. The van der Waals surface area contributed by atoms with Gasteiger partial charge in [-0.05, 0) is 29.5 Å². The largest absolute Gasteiger partial charge is 0.344 e. The lowest BCUT2D eigenvalue weighted by molar-refractivity contribution is -0.380. The van der Waals surface area contributed by atoms with Crippen LogP contribution >= 0.6 is 23.1 Å². The third kappa shape index (κ3) is 3.45. The number of hydrogen-bond donors (Lipinski definition) is 1. The minimum absolute atomic E-state index is 0.0251. The Labute approximate surface area is 122 Å². The number of aromatic nitrogens is 4. The molecule has 2 heterocycles. The lowest BCUT2D eigenvalue weighted by Crippen LogP contribution is -2.17. The molecule has 0 aliphatic rings. The first kappa shape index (κ1) is 14.7. The Morgan fingerprint density at radius 2 is 2.35 bits per heavy atom. The van der Waals surface area contributed by atoms with E-state index in [0.29, 0.717) is 16.0 Å². The Bertz CT molecular complexity index is 647. The van der Waals surface area contributed by atoms with Gasteiger partial charge in [-0.2, -0.15) is 0 Å². The maximum atomic E-state index is 11.6. The molecular weight excluding hydrogens is 302 g/mol. The van der Waals surface area contributed by atoms with Gasteiger partial charge in [0.15, 0.2) is 9.50 Å². The molecule has 2 aromatic rings. The van der Waals surface area contributed by atoms with Gasteiger partial charge in [-0.3, -0.25) is 14.7 Å². The summed E-state index contributed by atoms with van der Waals surface area (Å²) < 4.78 is 2.03. The predicted octanol–water partition coefficient (Wildman–Crippen LogP) is 2.28. The van der Waals surface area contributed by atoms with Crippen LogP contribution in [-0.4, -0.2) is 24.7 Å². The molecule has 0 saturated carbocycles. The van der Waals surface area contributed by atoms with Gasteiger partial charge in [-0.1, -0.05) is 19.8 Å². The van der Waals surface area contributed by atoms with E-state index in [1.807, 2.05) is 0 Å². The third-order valence-corrected chi connectivity index (χ3v) is 4.56. The zero-order valence-corrected chi connectivity index (χ0v) is 12.4. The molecule has 0 spiro atoms. The fraction of sp³-hybridized carbons (Fsp3) is 0.500. The van der Waals surface area contributed by atoms with Crippen LogP contribution in [0.4, 0.5) is 5.00 Å². The van der Waals surface area contributed by atoms with Crippen molar-refractivity contribution in [3.63, 3.8) is 0 Å². The summed E-state index contributed by atoms with van der Waals surface area (Å²) in [6.45, 7) is 2.67. The Balaban J connectivity index is 2.12. The highest BCUT2D eigenvalue weighted by Crippen LogP contribution is 2.32. The van der Waals surface area contributed by atoms with Gasteiger partial charge in [-0.25, -0.2) is 14.9 Å². The molecule has 2 rings (SSSR count). The molecule has 0 aliphatic carbocycles. The van der Waals surface area contributed by atoms with Gasteiger partial charge in [0.1, 0.15) is 6.20 Å². The predicted molar refractivity (Wildman–Crippen MR) is 75.3 cm³/mol. The lowest BCUT2D eigenvalue weighted by atomic mass is 10.2. The second-order valence-electron chi connectivity index (χ2n) is 3.99. The van der Waals surface area contributed by atoms with E-state index in [0.717, 1.165) is 42.4 Å². The number of rotatable bonds is 7. The number of hydrogen-bond acceptors (Lipinski definition) is 7. The highest BCUT2D eigenvalue weighted by Gasteiger charge is 2.16. The minimum Gasteiger partial charge on any atom is -0.270 e. The average Bonchev–Trinajstić information content (AvgIpc) is 3.00. The Kier molecular flexibility index (Phi) is 4.90. The van der Waals surface area contributed by atoms with Crippen LogP contribution in [0.25, 0.3) is 0 Å². The molecule has 0 aliphatic heterocycles. The molecule has 0 aromatic carbocycles. The highest BCUT2D eigenvalue weighted by atomic mass is 32.2. The van der Waals surface area contributed by atoms with E-state index in [1.165, 1.54) is 10.8 Å². The standard InChI is InChI=1S/C10H13N5O3S2/c1-2-3-4-5-14-8(16)12-13-9(14)20-10-11-6-7(19-10)15(17)18/h6H,2-5H2,1H3,(H,12,16). The molecule has 0 bridgehead atoms. The molecule has 1 N–H and O–H groups in total. The van der Waals surface area contributed by atoms with Gasteiger partial charge in [-0.15, -0.1) is 5.10 Å². The number of aromatic amines is 1. The number of thiazole rings is 1. The van der Waals surface area contributed by atoms with E-state index in [9.17, 15) is 14.9 Å². The molecule has 0 radical (unpaired) electrons. The molecular formula is C10H13N5O3S2. The Morgan fingerprint density at radius 3 is 3.00 bits per heavy atom. The van der Waals surface area contributed by atoms with Crippen LogP contribution in [0.5, 0.6) is 0 Å². The van der Waals surface area contributed by atoms with Crippen molar-refractivity contribution in [2.24, 2.45) is 0 Å². The molecule has 20 heavy (non-hydrogen) atoms. The normalized spacial score (nSPS) is 10.8. The van der Waals surface area contributed by atoms with Crippen LogP contribution in [0.3, 0.4) is 0 Å². The summed E-state index contributed by atoms with van der Waals surface area (Å²) in [5.74, 6) is 0. The minimum atomic E-state index is -0.486. The molecule has 8 nitrogen and oxygen atoms in total. The van der Waals surface area contributed by atoms with Gasteiger partial charge in [0.25, 0.3) is 0 Å². The quantitative estimate of drug-likeness (QED) is 0.477. The van der Waals surface area contributed by atoms with Crippen molar-refractivity contribution in [2.45, 2.75) is 42.2 Å². The van der Waals surface area contributed by atoms with Crippen molar-refractivity contribution >= 4 is 28.1 Å². The smallest absolute Gasteiger partial charge is 0.270 e.